The van der Waals surface area contributed by atoms with E-state index in [0.717, 1.165) is 11.9 Å². The van der Waals surface area contributed by atoms with Crippen LogP contribution in [0.5, 0.6) is 5.75 Å². The Bertz CT molecular complexity index is 475. The van der Waals surface area contributed by atoms with Gasteiger partial charge in [-0.2, -0.15) is 0 Å². The number of nitrogens with zero attached hydrogens (tertiary/aromatic N) is 1. The van der Waals surface area contributed by atoms with Crippen molar-refractivity contribution in [3.63, 3.8) is 0 Å². The second kappa shape index (κ2) is 5.67. The maximum Gasteiger partial charge on any atom is 0.208 e. The molecule has 5 nitrogen and oxygen atoms in total. The van der Waals surface area contributed by atoms with E-state index in [1.165, 1.54) is 0 Å². The van der Waals surface area contributed by atoms with Crippen LogP contribution in [-0.4, -0.2) is 32.8 Å². The number of nitrogens with one attached hydrogen (secondary N) is 1. The molecule has 0 saturated carbocycles. The van der Waals surface area contributed by atoms with Crippen LogP contribution in [0.1, 0.15) is 26.5 Å². The van der Waals surface area contributed by atoms with Gasteiger partial charge in [-0.05, 0) is 12.1 Å². The van der Waals surface area contributed by atoms with E-state index in [2.05, 4.69) is 30.5 Å². The Morgan fingerprint density at radius 2 is 2.00 bits per heavy atom. The largest absolute Gasteiger partial charge is 0.491 e. The number of hydrogen-bond acceptors (Lipinski definition) is 4. The van der Waals surface area contributed by atoms with Gasteiger partial charge in [0.1, 0.15) is 12.4 Å². The van der Waals surface area contributed by atoms with Gasteiger partial charge in [-0.15, -0.1) is 0 Å². The molecule has 0 aliphatic carbocycles. The molecule has 6 heteroatoms. The minimum atomic E-state index is -3.15. The van der Waals surface area contributed by atoms with Crippen molar-refractivity contribution in [2.45, 2.75) is 26.2 Å². The molecule has 0 aromatic carbocycles. The monoisotopic (exact) mass is 272 g/mol. The first-order valence-electron chi connectivity index (χ1n) is 5.72. The summed E-state index contributed by atoms with van der Waals surface area (Å²) in [5.74, 6) is 0.637. The molecule has 0 atom stereocenters. The van der Waals surface area contributed by atoms with E-state index in [9.17, 15) is 8.42 Å². The van der Waals surface area contributed by atoms with Gasteiger partial charge in [0.05, 0.1) is 12.5 Å². The molecule has 1 N–H and O–H groups in total. The minimum absolute atomic E-state index is 0.0103. The summed E-state index contributed by atoms with van der Waals surface area (Å²) in [5.41, 5.74) is 1.00. The lowest BCUT2D eigenvalue weighted by Crippen LogP contribution is -2.26. The quantitative estimate of drug-likeness (QED) is 0.821. The van der Waals surface area contributed by atoms with Crippen molar-refractivity contribution in [3.05, 3.63) is 24.0 Å². The summed E-state index contributed by atoms with van der Waals surface area (Å²) in [6.45, 7) is 6.80. The topological polar surface area (TPSA) is 68.3 Å². The van der Waals surface area contributed by atoms with E-state index >= 15 is 0 Å². The summed E-state index contributed by atoms with van der Waals surface area (Å²) in [6, 6.07) is 3.76. The number of sulfonamides is 1. The van der Waals surface area contributed by atoms with Crippen molar-refractivity contribution in [2.75, 3.05) is 19.4 Å². The number of ether oxygens (including phenoxy) is 1. The van der Waals surface area contributed by atoms with E-state index < -0.39 is 10.0 Å². The van der Waals surface area contributed by atoms with Crippen molar-refractivity contribution < 1.29 is 13.2 Å². The van der Waals surface area contributed by atoms with E-state index in [4.69, 9.17) is 4.74 Å². The molecule has 1 aromatic heterocycles. The maximum atomic E-state index is 10.8. The van der Waals surface area contributed by atoms with Crippen molar-refractivity contribution in [2.24, 2.45) is 0 Å². The summed E-state index contributed by atoms with van der Waals surface area (Å²) in [4.78, 5) is 4.31. The Morgan fingerprint density at radius 3 is 2.44 bits per heavy atom. The fraction of sp³-hybridized carbons (Fsp3) is 0.583. The number of rotatable bonds is 5. The standard InChI is InChI=1S/C12H20N2O3S/c1-12(2,3)11-6-5-10(9-13-11)17-8-7-14-18(4,15)16/h5-6,9,14H,7-8H2,1-4H3. The number of hydrogen-bond donors (Lipinski definition) is 1. The first kappa shape index (κ1) is 14.9. The van der Waals surface area contributed by atoms with Crippen LogP contribution in [-0.2, 0) is 15.4 Å². The van der Waals surface area contributed by atoms with Crippen LogP contribution in [0, 0.1) is 0 Å². The molecule has 0 fully saturated rings. The molecule has 0 amide bonds. The molecule has 18 heavy (non-hydrogen) atoms. The van der Waals surface area contributed by atoms with Crippen LogP contribution in [0.15, 0.2) is 18.3 Å². The van der Waals surface area contributed by atoms with Crippen LogP contribution in [0.2, 0.25) is 0 Å². The third-order valence-corrected chi connectivity index (χ3v) is 2.97. The molecule has 1 rings (SSSR count). The lowest BCUT2D eigenvalue weighted by atomic mass is 9.92. The summed E-state index contributed by atoms with van der Waals surface area (Å²) in [5, 5.41) is 0. The minimum Gasteiger partial charge on any atom is -0.491 e. The van der Waals surface area contributed by atoms with Crippen molar-refractivity contribution in [1.82, 2.24) is 9.71 Å². The SMILES string of the molecule is CC(C)(C)c1ccc(OCCNS(C)(=O)=O)cn1. The van der Waals surface area contributed by atoms with E-state index in [1.54, 1.807) is 6.20 Å². The summed E-state index contributed by atoms with van der Waals surface area (Å²) in [6.07, 6.45) is 2.77. The Balaban J connectivity index is 2.45. The predicted octanol–water partition coefficient (Wildman–Crippen LogP) is 1.31. The van der Waals surface area contributed by atoms with Crippen LogP contribution >= 0.6 is 0 Å². The average Bonchev–Trinajstić information content (AvgIpc) is 2.22. The Morgan fingerprint density at radius 1 is 1.33 bits per heavy atom. The summed E-state index contributed by atoms with van der Waals surface area (Å²) in [7, 11) is -3.15. The van der Waals surface area contributed by atoms with Crippen LogP contribution < -0.4 is 9.46 Å². The summed E-state index contributed by atoms with van der Waals surface area (Å²) < 4.78 is 29.4. The van der Waals surface area contributed by atoms with Crippen LogP contribution in [0.25, 0.3) is 0 Å². The normalized spacial score (nSPS) is 12.4. The molecular formula is C12H20N2O3S. The van der Waals surface area contributed by atoms with Crippen LogP contribution in [0.4, 0.5) is 0 Å². The third-order valence-electron chi connectivity index (χ3n) is 2.24. The second-order valence-electron chi connectivity index (χ2n) is 5.14. The first-order chi connectivity index (χ1) is 8.18. The maximum absolute atomic E-state index is 10.8. The number of pyridine rings is 1. The molecule has 0 radical (unpaired) electrons. The van der Waals surface area contributed by atoms with Gasteiger partial charge in [-0.3, -0.25) is 4.98 Å². The van der Waals surface area contributed by atoms with Gasteiger partial charge in [0.25, 0.3) is 0 Å². The molecular weight excluding hydrogens is 252 g/mol. The number of aromatic nitrogens is 1. The fourth-order valence-corrected chi connectivity index (χ4v) is 1.76. The Kier molecular flexibility index (Phi) is 4.70. The van der Waals surface area contributed by atoms with Gasteiger partial charge in [-0.1, -0.05) is 20.8 Å². The summed E-state index contributed by atoms with van der Waals surface area (Å²) >= 11 is 0. The smallest absolute Gasteiger partial charge is 0.208 e. The second-order valence-corrected chi connectivity index (χ2v) is 6.98. The van der Waals surface area contributed by atoms with E-state index in [-0.39, 0.29) is 18.6 Å². The molecule has 0 saturated heterocycles. The zero-order valence-electron chi connectivity index (χ0n) is 11.2. The molecule has 102 valence electrons. The fourth-order valence-electron chi connectivity index (χ4n) is 1.31. The molecule has 0 spiro atoms. The van der Waals surface area contributed by atoms with Gasteiger partial charge in [-0.25, -0.2) is 13.1 Å². The lowest BCUT2D eigenvalue weighted by molar-refractivity contribution is 0.321. The zero-order valence-corrected chi connectivity index (χ0v) is 12.0. The van der Waals surface area contributed by atoms with Crippen molar-refractivity contribution in [3.8, 4) is 5.75 Å². The zero-order chi connectivity index (χ0) is 13.8. The predicted molar refractivity (Wildman–Crippen MR) is 71.3 cm³/mol. The molecule has 0 aliphatic rings. The molecule has 0 bridgehead atoms. The van der Waals surface area contributed by atoms with Gasteiger partial charge in [0, 0.05) is 17.7 Å². The van der Waals surface area contributed by atoms with Gasteiger partial charge in [0.15, 0.2) is 0 Å². The van der Waals surface area contributed by atoms with Crippen molar-refractivity contribution in [1.29, 1.82) is 0 Å². The molecule has 0 aliphatic heterocycles. The average molecular weight is 272 g/mol. The first-order valence-corrected chi connectivity index (χ1v) is 7.61. The molecule has 1 heterocycles. The highest BCUT2D eigenvalue weighted by molar-refractivity contribution is 7.88. The highest BCUT2D eigenvalue weighted by atomic mass is 32.2. The molecule has 0 unspecified atom stereocenters. The van der Waals surface area contributed by atoms with E-state index in [0.29, 0.717) is 5.75 Å². The highest BCUT2D eigenvalue weighted by Crippen LogP contribution is 2.21. The van der Waals surface area contributed by atoms with Gasteiger partial charge >= 0.3 is 0 Å². The Labute approximate surface area is 109 Å². The lowest BCUT2D eigenvalue weighted by Gasteiger charge is -2.17. The Hall–Kier alpha value is -1.14. The van der Waals surface area contributed by atoms with Crippen LogP contribution in [0.3, 0.4) is 0 Å². The van der Waals surface area contributed by atoms with Crippen molar-refractivity contribution >= 4 is 10.0 Å². The molecule has 1 aromatic rings. The van der Waals surface area contributed by atoms with E-state index in [1.807, 2.05) is 12.1 Å². The highest BCUT2D eigenvalue weighted by Gasteiger charge is 2.14. The van der Waals surface area contributed by atoms with Gasteiger partial charge in [0.2, 0.25) is 10.0 Å². The third kappa shape index (κ3) is 5.46. The van der Waals surface area contributed by atoms with Gasteiger partial charge < -0.3 is 4.74 Å².